The van der Waals surface area contributed by atoms with Crippen LogP contribution in [0.3, 0.4) is 0 Å². The number of nitrogens with two attached hydrogens (primary N) is 1. The third kappa shape index (κ3) is 6.18. The number of hydrogen-bond donors (Lipinski definition) is 3. The molecule has 0 radical (unpaired) electrons. The molecule has 14 heavy (non-hydrogen) atoms. The number of hydrogen-bond acceptors (Lipinski definition) is 4. The normalized spacial score (nSPS) is 13.1. The molecule has 0 unspecified atom stereocenters. The quantitative estimate of drug-likeness (QED) is 0.425. The number of nitrogens with zero attached hydrogens (tertiary/aromatic N) is 1. The average molecular weight is 218 g/mol. The molecule has 0 aromatic rings. The lowest BCUT2D eigenvalue weighted by molar-refractivity contribution is 0.596. The van der Waals surface area contributed by atoms with Crippen LogP contribution in [0.15, 0.2) is 16.8 Å². The van der Waals surface area contributed by atoms with Crippen molar-refractivity contribution in [1.82, 2.24) is 4.72 Å². The molecule has 0 heterocycles. The second-order valence-corrected chi connectivity index (χ2v) is 4.31. The van der Waals surface area contributed by atoms with Crippen molar-refractivity contribution in [3.05, 3.63) is 11.8 Å². The summed E-state index contributed by atoms with van der Waals surface area (Å²) in [7, 11) is -3.32. The van der Waals surface area contributed by atoms with E-state index in [4.69, 9.17) is 11.1 Å². The molecular weight excluding hydrogens is 204 g/mol. The van der Waals surface area contributed by atoms with Crippen molar-refractivity contribution in [3.63, 3.8) is 0 Å². The third-order valence-electron chi connectivity index (χ3n) is 1.15. The summed E-state index contributed by atoms with van der Waals surface area (Å²) in [5.74, 6) is -0.238. The topological polar surface area (TPSA) is 108 Å². The molecule has 0 saturated heterocycles. The maximum absolute atomic E-state index is 10.7. The summed E-state index contributed by atoms with van der Waals surface area (Å²) >= 11 is 0. The summed E-state index contributed by atoms with van der Waals surface area (Å²) in [6.45, 7) is 2.36. The van der Waals surface area contributed by atoms with E-state index < -0.39 is 10.0 Å². The Bertz CT molecular complexity index is 356. The molecule has 0 aliphatic heterocycles. The highest BCUT2D eigenvalue weighted by Gasteiger charge is 2.00. The van der Waals surface area contributed by atoms with Crippen molar-refractivity contribution in [2.45, 2.75) is 6.92 Å². The summed E-state index contributed by atoms with van der Waals surface area (Å²) in [5, 5.41) is 7.12. The van der Waals surface area contributed by atoms with E-state index in [0.29, 0.717) is 6.54 Å². The molecule has 6 nitrogen and oxygen atoms in total. The minimum absolute atomic E-state index is 0.234. The molecule has 4 N–H and O–H groups in total. The molecule has 0 fully saturated rings. The fraction of sp³-hybridized carbons (Fsp3) is 0.429. The highest BCUT2D eigenvalue weighted by molar-refractivity contribution is 7.88. The zero-order chi connectivity index (χ0) is 11.2. The molecule has 0 bridgehead atoms. The van der Waals surface area contributed by atoms with Crippen molar-refractivity contribution in [2.24, 2.45) is 10.7 Å². The second-order valence-electron chi connectivity index (χ2n) is 2.53. The SMILES string of the molecule is CCN=C/C(=C/NS(C)(=O)=O)C(=N)N. The van der Waals surface area contributed by atoms with Crippen LogP contribution < -0.4 is 10.5 Å². The Hall–Kier alpha value is -1.37. The molecule has 7 heteroatoms. The molecule has 0 amide bonds. The van der Waals surface area contributed by atoms with Gasteiger partial charge in [0.25, 0.3) is 0 Å². The lowest BCUT2D eigenvalue weighted by Crippen LogP contribution is -2.21. The number of nitrogens with one attached hydrogen (secondary N) is 2. The second kappa shape index (κ2) is 5.38. The van der Waals surface area contributed by atoms with Gasteiger partial charge in [0, 0.05) is 19.0 Å². The van der Waals surface area contributed by atoms with Crippen LogP contribution in [0.2, 0.25) is 0 Å². The molecular formula is C7H14N4O2S. The summed E-state index contributed by atoms with van der Waals surface area (Å²) < 4.78 is 23.6. The van der Waals surface area contributed by atoms with E-state index in [-0.39, 0.29) is 11.4 Å². The van der Waals surface area contributed by atoms with Gasteiger partial charge in [-0.3, -0.25) is 15.1 Å². The maximum atomic E-state index is 10.7. The number of sulfonamides is 1. The molecule has 80 valence electrons. The molecule has 0 aromatic carbocycles. The predicted molar refractivity (Wildman–Crippen MR) is 57.0 cm³/mol. The van der Waals surface area contributed by atoms with Gasteiger partial charge in [-0.25, -0.2) is 8.42 Å². The first-order chi connectivity index (χ1) is 6.37. The van der Waals surface area contributed by atoms with Crippen LogP contribution in [-0.2, 0) is 10.0 Å². The molecule has 0 saturated carbocycles. The van der Waals surface area contributed by atoms with Gasteiger partial charge in [-0.05, 0) is 6.92 Å². The minimum atomic E-state index is -3.32. The van der Waals surface area contributed by atoms with Gasteiger partial charge in [0.05, 0.1) is 11.8 Å². The highest BCUT2D eigenvalue weighted by atomic mass is 32.2. The lowest BCUT2D eigenvalue weighted by atomic mass is 10.3. The van der Waals surface area contributed by atoms with Crippen LogP contribution in [0.4, 0.5) is 0 Å². The molecule has 0 spiro atoms. The number of amidine groups is 1. The van der Waals surface area contributed by atoms with Crippen LogP contribution in [0.25, 0.3) is 0 Å². The van der Waals surface area contributed by atoms with Crippen LogP contribution in [-0.4, -0.2) is 33.3 Å². The van der Waals surface area contributed by atoms with E-state index in [1.165, 1.54) is 6.21 Å². The number of aliphatic imine (C=N–C) groups is 1. The Morgan fingerprint density at radius 3 is 2.57 bits per heavy atom. The van der Waals surface area contributed by atoms with Gasteiger partial charge < -0.3 is 5.73 Å². The molecule has 0 aromatic heterocycles. The third-order valence-corrected chi connectivity index (χ3v) is 1.70. The summed E-state index contributed by atoms with van der Waals surface area (Å²) in [6, 6.07) is 0. The fourth-order valence-corrected chi connectivity index (χ4v) is 0.886. The van der Waals surface area contributed by atoms with Crippen LogP contribution in [0, 0.1) is 5.41 Å². The van der Waals surface area contributed by atoms with Crippen molar-refractivity contribution in [2.75, 3.05) is 12.8 Å². The van der Waals surface area contributed by atoms with Gasteiger partial charge in [-0.1, -0.05) is 0 Å². The van der Waals surface area contributed by atoms with Gasteiger partial charge in [-0.15, -0.1) is 0 Å². The van der Waals surface area contributed by atoms with Crippen molar-refractivity contribution >= 4 is 22.1 Å². The van der Waals surface area contributed by atoms with Crippen LogP contribution >= 0.6 is 0 Å². The number of rotatable bonds is 5. The Labute approximate surface area is 83.5 Å². The molecule has 0 rings (SSSR count). The maximum Gasteiger partial charge on any atom is 0.229 e. The lowest BCUT2D eigenvalue weighted by Gasteiger charge is -2.00. The molecule has 0 atom stereocenters. The van der Waals surface area contributed by atoms with Crippen molar-refractivity contribution < 1.29 is 8.42 Å². The van der Waals surface area contributed by atoms with E-state index >= 15 is 0 Å². The van der Waals surface area contributed by atoms with Gasteiger partial charge >= 0.3 is 0 Å². The van der Waals surface area contributed by atoms with E-state index in [1.807, 2.05) is 6.92 Å². The Balaban J connectivity index is 4.67. The zero-order valence-electron chi connectivity index (χ0n) is 8.11. The molecule has 0 aliphatic rings. The largest absolute Gasteiger partial charge is 0.384 e. The Morgan fingerprint density at radius 2 is 2.21 bits per heavy atom. The Morgan fingerprint density at radius 1 is 1.64 bits per heavy atom. The van der Waals surface area contributed by atoms with Crippen molar-refractivity contribution in [1.29, 1.82) is 5.41 Å². The van der Waals surface area contributed by atoms with Gasteiger partial charge in [0.15, 0.2) is 0 Å². The summed E-state index contributed by atoms with van der Waals surface area (Å²) in [6.07, 6.45) is 3.50. The minimum Gasteiger partial charge on any atom is -0.384 e. The average Bonchev–Trinajstić information content (AvgIpc) is 2.01. The van der Waals surface area contributed by atoms with E-state index in [9.17, 15) is 8.42 Å². The van der Waals surface area contributed by atoms with Gasteiger partial charge in [0.1, 0.15) is 5.84 Å². The highest BCUT2D eigenvalue weighted by Crippen LogP contribution is 1.88. The van der Waals surface area contributed by atoms with E-state index in [2.05, 4.69) is 9.71 Å². The van der Waals surface area contributed by atoms with Crippen molar-refractivity contribution in [3.8, 4) is 0 Å². The van der Waals surface area contributed by atoms with E-state index in [0.717, 1.165) is 12.5 Å². The Kier molecular flexibility index (Phi) is 4.85. The van der Waals surface area contributed by atoms with Gasteiger partial charge in [-0.2, -0.15) is 0 Å². The first-order valence-corrected chi connectivity index (χ1v) is 5.77. The first kappa shape index (κ1) is 12.6. The summed E-state index contributed by atoms with van der Waals surface area (Å²) in [5.41, 5.74) is 5.43. The zero-order valence-corrected chi connectivity index (χ0v) is 8.93. The fourth-order valence-electron chi connectivity index (χ4n) is 0.545. The van der Waals surface area contributed by atoms with Crippen LogP contribution in [0.5, 0.6) is 0 Å². The van der Waals surface area contributed by atoms with Gasteiger partial charge in [0.2, 0.25) is 10.0 Å². The predicted octanol–water partition coefficient (Wildman–Crippen LogP) is -0.554. The summed E-state index contributed by atoms with van der Waals surface area (Å²) in [4.78, 5) is 3.85. The smallest absolute Gasteiger partial charge is 0.229 e. The first-order valence-electron chi connectivity index (χ1n) is 3.88. The standard InChI is InChI=1S/C7H14N4O2S/c1-3-10-4-6(7(8)9)5-11-14(2,12)13/h4-5,11H,3H2,1-2H3,(H3,8,9)/b6-5-,10-4?. The van der Waals surface area contributed by atoms with Crippen LogP contribution in [0.1, 0.15) is 6.92 Å². The molecule has 0 aliphatic carbocycles. The monoisotopic (exact) mass is 218 g/mol. The van der Waals surface area contributed by atoms with E-state index in [1.54, 1.807) is 0 Å².